The molecule has 0 amide bonds. The van der Waals surface area contributed by atoms with E-state index in [2.05, 4.69) is 48.3 Å². The standard InChI is InChI=1S/C16H23NS/c1-16(9-4-10-18-16)12-17-15-8-7-13-5-2-3-6-14(13)11-15/h2-3,5-6,15,17H,4,7-12H2,1H3. The lowest BCUT2D eigenvalue weighted by Crippen LogP contribution is -2.42. The first-order chi connectivity index (χ1) is 8.75. The Labute approximate surface area is 115 Å². The zero-order chi connectivity index (χ0) is 12.4. The largest absolute Gasteiger partial charge is 0.312 e. The molecule has 0 aromatic heterocycles. The number of hydrogen-bond donors (Lipinski definition) is 1. The highest BCUT2D eigenvalue weighted by atomic mass is 32.2. The Morgan fingerprint density at radius 1 is 1.33 bits per heavy atom. The quantitative estimate of drug-likeness (QED) is 0.895. The summed E-state index contributed by atoms with van der Waals surface area (Å²) in [6, 6.07) is 9.63. The summed E-state index contributed by atoms with van der Waals surface area (Å²) in [6.07, 6.45) is 6.55. The third-order valence-corrected chi connectivity index (χ3v) is 5.95. The summed E-state index contributed by atoms with van der Waals surface area (Å²) in [4.78, 5) is 0. The zero-order valence-corrected chi connectivity index (χ0v) is 12.1. The molecule has 0 spiro atoms. The molecule has 0 bridgehead atoms. The van der Waals surface area contributed by atoms with Crippen LogP contribution in [0.1, 0.15) is 37.3 Å². The van der Waals surface area contributed by atoms with Gasteiger partial charge in [0.05, 0.1) is 0 Å². The molecule has 0 saturated carbocycles. The van der Waals surface area contributed by atoms with E-state index in [1.165, 1.54) is 44.4 Å². The number of nitrogens with one attached hydrogen (secondary N) is 1. The Bertz CT molecular complexity index is 409. The predicted octanol–water partition coefficient (Wildman–Crippen LogP) is 3.42. The van der Waals surface area contributed by atoms with Gasteiger partial charge < -0.3 is 5.32 Å². The minimum Gasteiger partial charge on any atom is -0.312 e. The summed E-state index contributed by atoms with van der Waals surface area (Å²) in [7, 11) is 0. The molecule has 1 nitrogen and oxygen atoms in total. The molecule has 2 heteroatoms. The summed E-state index contributed by atoms with van der Waals surface area (Å²) in [6.45, 7) is 3.61. The van der Waals surface area contributed by atoms with Crippen LogP contribution in [0.4, 0.5) is 0 Å². The Morgan fingerprint density at radius 2 is 2.17 bits per heavy atom. The van der Waals surface area contributed by atoms with Crippen molar-refractivity contribution in [2.75, 3.05) is 12.3 Å². The molecule has 2 aliphatic rings. The average Bonchev–Trinajstić information content (AvgIpc) is 2.84. The van der Waals surface area contributed by atoms with Crippen LogP contribution in [0.3, 0.4) is 0 Å². The van der Waals surface area contributed by atoms with E-state index in [-0.39, 0.29) is 0 Å². The smallest absolute Gasteiger partial charge is 0.0256 e. The van der Waals surface area contributed by atoms with Gasteiger partial charge in [0.2, 0.25) is 0 Å². The maximum Gasteiger partial charge on any atom is 0.0256 e. The number of hydrogen-bond acceptors (Lipinski definition) is 2. The molecule has 18 heavy (non-hydrogen) atoms. The molecule has 0 radical (unpaired) electrons. The van der Waals surface area contributed by atoms with Gasteiger partial charge in [0.1, 0.15) is 0 Å². The molecule has 98 valence electrons. The second-order valence-corrected chi connectivity index (χ2v) is 7.67. The Hall–Kier alpha value is -0.470. The van der Waals surface area contributed by atoms with E-state index < -0.39 is 0 Å². The lowest BCUT2D eigenvalue weighted by atomic mass is 9.88. The van der Waals surface area contributed by atoms with Crippen LogP contribution in [0.15, 0.2) is 24.3 Å². The zero-order valence-electron chi connectivity index (χ0n) is 11.2. The fourth-order valence-corrected chi connectivity index (χ4v) is 4.46. The van der Waals surface area contributed by atoms with E-state index in [1.807, 2.05) is 0 Å². The van der Waals surface area contributed by atoms with Crippen LogP contribution >= 0.6 is 11.8 Å². The number of thioether (sulfide) groups is 1. The molecule has 1 N–H and O–H groups in total. The Balaban J connectivity index is 1.56. The summed E-state index contributed by atoms with van der Waals surface area (Å²) >= 11 is 2.16. The van der Waals surface area contributed by atoms with Gasteiger partial charge >= 0.3 is 0 Å². The van der Waals surface area contributed by atoms with Crippen LogP contribution in [0, 0.1) is 0 Å². The first-order valence-electron chi connectivity index (χ1n) is 7.19. The molecule has 2 unspecified atom stereocenters. The predicted molar refractivity (Wildman–Crippen MR) is 80.4 cm³/mol. The highest BCUT2D eigenvalue weighted by Gasteiger charge is 2.30. The van der Waals surface area contributed by atoms with Gasteiger partial charge in [-0.05, 0) is 55.9 Å². The van der Waals surface area contributed by atoms with Crippen molar-refractivity contribution < 1.29 is 0 Å². The monoisotopic (exact) mass is 261 g/mol. The van der Waals surface area contributed by atoms with Gasteiger partial charge in [0.15, 0.2) is 0 Å². The first kappa shape index (κ1) is 12.6. The van der Waals surface area contributed by atoms with Crippen LogP contribution in [0.5, 0.6) is 0 Å². The van der Waals surface area contributed by atoms with Crippen LogP contribution in [-0.2, 0) is 12.8 Å². The van der Waals surface area contributed by atoms with Crippen LogP contribution in [0.25, 0.3) is 0 Å². The maximum atomic E-state index is 3.82. The second kappa shape index (κ2) is 5.26. The van der Waals surface area contributed by atoms with Crippen LogP contribution in [-0.4, -0.2) is 23.1 Å². The SMILES string of the molecule is CC1(CNC2CCc3ccccc3C2)CCCS1. The summed E-state index contributed by atoms with van der Waals surface area (Å²) in [5.41, 5.74) is 3.13. The second-order valence-electron chi connectivity index (χ2n) is 5.99. The van der Waals surface area contributed by atoms with E-state index in [0.29, 0.717) is 10.8 Å². The maximum absolute atomic E-state index is 3.82. The molecule has 1 aromatic carbocycles. The first-order valence-corrected chi connectivity index (χ1v) is 8.18. The highest BCUT2D eigenvalue weighted by Crippen LogP contribution is 2.37. The van der Waals surface area contributed by atoms with E-state index in [9.17, 15) is 0 Å². The van der Waals surface area contributed by atoms with Crippen LogP contribution < -0.4 is 5.32 Å². The van der Waals surface area contributed by atoms with Gasteiger partial charge in [-0.3, -0.25) is 0 Å². The van der Waals surface area contributed by atoms with E-state index in [0.717, 1.165) is 0 Å². The van der Waals surface area contributed by atoms with Crippen molar-refractivity contribution in [1.29, 1.82) is 0 Å². The van der Waals surface area contributed by atoms with E-state index in [4.69, 9.17) is 0 Å². The lowest BCUT2D eigenvalue weighted by Gasteiger charge is -2.30. The minimum absolute atomic E-state index is 0.497. The average molecular weight is 261 g/mol. The molecule has 2 atom stereocenters. The van der Waals surface area contributed by atoms with Crippen molar-refractivity contribution in [3.05, 3.63) is 35.4 Å². The van der Waals surface area contributed by atoms with Gasteiger partial charge in [-0.1, -0.05) is 24.3 Å². The lowest BCUT2D eigenvalue weighted by molar-refractivity contribution is 0.425. The van der Waals surface area contributed by atoms with Gasteiger partial charge in [-0.2, -0.15) is 11.8 Å². The van der Waals surface area contributed by atoms with Crippen molar-refractivity contribution in [3.63, 3.8) is 0 Å². The molecule has 1 aliphatic carbocycles. The van der Waals surface area contributed by atoms with Gasteiger partial charge in [0.25, 0.3) is 0 Å². The minimum atomic E-state index is 0.497. The summed E-state index contributed by atoms with van der Waals surface area (Å²) in [5.74, 6) is 1.35. The Morgan fingerprint density at radius 3 is 2.94 bits per heavy atom. The number of aryl methyl sites for hydroxylation is 1. The molecular formula is C16H23NS. The number of benzene rings is 1. The molecular weight excluding hydrogens is 238 g/mol. The third-order valence-electron chi connectivity index (χ3n) is 4.41. The van der Waals surface area contributed by atoms with Crippen molar-refractivity contribution in [1.82, 2.24) is 5.32 Å². The molecule has 1 fully saturated rings. The molecule has 1 aromatic rings. The van der Waals surface area contributed by atoms with E-state index in [1.54, 1.807) is 11.1 Å². The molecule has 3 rings (SSSR count). The van der Waals surface area contributed by atoms with Gasteiger partial charge in [-0.15, -0.1) is 0 Å². The summed E-state index contributed by atoms with van der Waals surface area (Å²) < 4.78 is 0.497. The third kappa shape index (κ3) is 2.75. The highest BCUT2D eigenvalue weighted by molar-refractivity contribution is 8.00. The van der Waals surface area contributed by atoms with E-state index >= 15 is 0 Å². The molecule has 1 heterocycles. The van der Waals surface area contributed by atoms with Crippen LogP contribution in [0.2, 0.25) is 0 Å². The van der Waals surface area contributed by atoms with Crippen molar-refractivity contribution in [2.24, 2.45) is 0 Å². The van der Waals surface area contributed by atoms with Crippen molar-refractivity contribution in [2.45, 2.75) is 49.8 Å². The Kier molecular flexibility index (Phi) is 3.67. The normalized spacial score (nSPS) is 31.3. The van der Waals surface area contributed by atoms with Crippen molar-refractivity contribution >= 4 is 11.8 Å². The topological polar surface area (TPSA) is 12.0 Å². The number of rotatable bonds is 3. The summed E-state index contributed by atoms with van der Waals surface area (Å²) in [5, 5.41) is 3.82. The molecule has 1 saturated heterocycles. The fourth-order valence-electron chi connectivity index (χ4n) is 3.21. The van der Waals surface area contributed by atoms with Gasteiger partial charge in [-0.25, -0.2) is 0 Å². The molecule has 1 aliphatic heterocycles. The fraction of sp³-hybridized carbons (Fsp3) is 0.625. The number of fused-ring (bicyclic) bond motifs is 1. The van der Waals surface area contributed by atoms with Crippen molar-refractivity contribution in [3.8, 4) is 0 Å². The van der Waals surface area contributed by atoms with Gasteiger partial charge in [0, 0.05) is 17.3 Å².